The first-order chi connectivity index (χ1) is 9.15. The van der Waals surface area contributed by atoms with Crippen LogP contribution in [0.1, 0.15) is 20.8 Å². The minimum atomic E-state index is -0.911. The van der Waals surface area contributed by atoms with Gasteiger partial charge < -0.3 is 15.7 Å². The molecule has 1 aliphatic rings. The highest BCUT2D eigenvalue weighted by Gasteiger charge is 2.21. The molecule has 4 nitrogen and oxygen atoms in total. The van der Waals surface area contributed by atoms with Crippen molar-refractivity contribution in [2.24, 2.45) is 0 Å². The Kier molecular flexibility index (Phi) is 2.91. The molecule has 5 heteroatoms. The molecule has 0 saturated heterocycles. The number of carboxylic acid groups (broad SMARTS) is 1. The smallest absolute Gasteiger partial charge is 0.337 e. The van der Waals surface area contributed by atoms with Gasteiger partial charge in [0.25, 0.3) is 0 Å². The van der Waals surface area contributed by atoms with Crippen molar-refractivity contribution in [1.82, 2.24) is 0 Å². The van der Waals surface area contributed by atoms with Gasteiger partial charge in [-0.15, -0.1) is 11.3 Å². The van der Waals surface area contributed by atoms with Crippen LogP contribution in [0.4, 0.5) is 11.4 Å². The zero-order chi connectivity index (χ0) is 13.4. The molecule has 1 aromatic heterocycles. The fourth-order valence-electron chi connectivity index (χ4n) is 2.45. The van der Waals surface area contributed by atoms with Crippen molar-refractivity contribution >= 4 is 28.7 Å². The lowest BCUT2D eigenvalue weighted by Crippen LogP contribution is -2.30. The topological polar surface area (TPSA) is 66.6 Å². The Labute approximate surface area is 115 Å². The number of nitrogens with zero attached hydrogens (tertiary/aromatic N) is 1. The van der Waals surface area contributed by atoms with E-state index in [2.05, 4.69) is 16.3 Å². The Morgan fingerprint density at radius 2 is 2.21 bits per heavy atom. The Morgan fingerprint density at radius 3 is 3.00 bits per heavy atom. The van der Waals surface area contributed by atoms with Crippen LogP contribution in [0.25, 0.3) is 0 Å². The SMILES string of the molecule is Nc1ccc(C(=O)O)c(N2CCc3sccc3C2)c1. The number of anilines is 2. The molecule has 3 N–H and O–H groups in total. The number of hydrogen-bond donors (Lipinski definition) is 2. The highest BCUT2D eigenvalue weighted by Crippen LogP contribution is 2.31. The van der Waals surface area contributed by atoms with Gasteiger partial charge in [0.05, 0.1) is 11.3 Å². The summed E-state index contributed by atoms with van der Waals surface area (Å²) in [6, 6.07) is 7.07. The van der Waals surface area contributed by atoms with Gasteiger partial charge in [0.15, 0.2) is 0 Å². The van der Waals surface area contributed by atoms with Crippen LogP contribution in [0.3, 0.4) is 0 Å². The number of fused-ring (bicyclic) bond motifs is 1. The van der Waals surface area contributed by atoms with Gasteiger partial charge >= 0.3 is 5.97 Å². The van der Waals surface area contributed by atoms with Gasteiger partial charge in [-0.3, -0.25) is 0 Å². The number of thiophene rings is 1. The number of hydrogen-bond acceptors (Lipinski definition) is 4. The maximum absolute atomic E-state index is 11.3. The van der Waals surface area contributed by atoms with Crippen molar-refractivity contribution in [3.05, 3.63) is 45.6 Å². The van der Waals surface area contributed by atoms with E-state index >= 15 is 0 Å². The quantitative estimate of drug-likeness (QED) is 0.826. The maximum atomic E-state index is 11.3. The third-order valence-corrected chi connectivity index (χ3v) is 4.42. The number of nitrogen functional groups attached to an aromatic ring is 1. The van der Waals surface area contributed by atoms with E-state index in [1.165, 1.54) is 10.4 Å². The first kappa shape index (κ1) is 12.0. The summed E-state index contributed by atoms with van der Waals surface area (Å²) in [6.45, 7) is 1.58. The number of rotatable bonds is 2. The lowest BCUT2D eigenvalue weighted by Gasteiger charge is -2.30. The summed E-state index contributed by atoms with van der Waals surface area (Å²) in [7, 11) is 0. The van der Waals surface area contributed by atoms with E-state index in [1.807, 2.05) is 0 Å². The zero-order valence-electron chi connectivity index (χ0n) is 10.3. The van der Waals surface area contributed by atoms with Crippen LogP contribution in [0.2, 0.25) is 0 Å². The van der Waals surface area contributed by atoms with Crippen LogP contribution in [-0.4, -0.2) is 17.6 Å². The number of nitrogens with two attached hydrogens (primary N) is 1. The van der Waals surface area contributed by atoms with Crippen LogP contribution < -0.4 is 10.6 Å². The van der Waals surface area contributed by atoms with E-state index in [-0.39, 0.29) is 0 Å². The molecule has 19 heavy (non-hydrogen) atoms. The summed E-state index contributed by atoms with van der Waals surface area (Å²) in [5.41, 5.74) is 8.70. The van der Waals surface area contributed by atoms with Crippen molar-refractivity contribution < 1.29 is 9.90 Å². The van der Waals surface area contributed by atoms with E-state index < -0.39 is 5.97 Å². The molecule has 0 aliphatic carbocycles. The van der Waals surface area contributed by atoms with E-state index in [9.17, 15) is 9.90 Å². The lowest BCUT2D eigenvalue weighted by molar-refractivity contribution is 0.0697. The predicted octanol–water partition coefficient (Wildman–Crippen LogP) is 2.59. The summed E-state index contributed by atoms with van der Waals surface area (Å²) in [4.78, 5) is 14.8. The van der Waals surface area contributed by atoms with Crippen LogP contribution in [0, 0.1) is 0 Å². The summed E-state index contributed by atoms with van der Waals surface area (Å²) >= 11 is 1.77. The summed E-state index contributed by atoms with van der Waals surface area (Å²) < 4.78 is 0. The minimum Gasteiger partial charge on any atom is -0.478 e. The Hall–Kier alpha value is -2.01. The molecule has 2 heterocycles. The molecular formula is C14H14N2O2S. The van der Waals surface area contributed by atoms with E-state index in [0.717, 1.165) is 19.5 Å². The minimum absolute atomic E-state index is 0.313. The Balaban J connectivity index is 1.99. The normalized spacial score (nSPS) is 14.2. The van der Waals surface area contributed by atoms with Crippen LogP contribution in [0.15, 0.2) is 29.6 Å². The van der Waals surface area contributed by atoms with Crippen LogP contribution >= 0.6 is 11.3 Å². The molecule has 3 rings (SSSR count). The number of carboxylic acids is 1. The molecule has 0 unspecified atom stereocenters. The number of benzene rings is 1. The van der Waals surface area contributed by atoms with Gasteiger partial charge in [-0.2, -0.15) is 0 Å². The van der Waals surface area contributed by atoms with Gasteiger partial charge in [0.1, 0.15) is 0 Å². The molecule has 0 fully saturated rings. The van der Waals surface area contributed by atoms with Crippen LogP contribution in [-0.2, 0) is 13.0 Å². The largest absolute Gasteiger partial charge is 0.478 e. The second-order valence-corrected chi connectivity index (χ2v) is 5.62. The first-order valence-corrected chi connectivity index (χ1v) is 6.96. The highest BCUT2D eigenvalue weighted by atomic mass is 32.1. The van der Waals surface area contributed by atoms with Crippen molar-refractivity contribution in [3.8, 4) is 0 Å². The first-order valence-electron chi connectivity index (χ1n) is 6.08. The van der Waals surface area contributed by atoms with Gasteiger partial charge in [-0.25, -0.2) is 4.79 Å². The lowest BCUT2D eigenvalue weighted by atomic mass is 10.1. The molecule has 0 bridgehead atoms. The van der Waals surface area contributed by atoms with E-state index in [1.54, 1.807) is 29.5 Å². The number of carbonyl (C=O) groups is 1. The van der Waals surface area contributed by atoms with Crippen molar-refractivity contribution in [2.45, 2.75) is 13.0 Å². The molecule has 0 radical (unpaired) electrons. The van der Waals surface area contributed by atoms with Gasteiger partial charge in [0, 0.05) is 23.7 Å². The molecule has 0 atom stereocenters. The molecule has 98 valence electrons. The molecule has 1 aromatic carbocycles. The maximum Gasteiger partial charge on any atom is 0.337 e. The molecule has 2 aromatic rings. The molecule has 0 spiro atoms. The summed E-state index contributed by atoms with van der Waals surface area (Å²) in [5, 5.41) is 11.4. The second kappa shape index (κ2) is 4.59. The summed E-state index contributed by atoms with van der Waals surface area (Å²) in [5.74, 6) is -0.911. The van der Waals surface area contributed by atoms with Crippen molar-refractivity contribution in [1.29, 1.82) is 0 Å². The average molecular weight is 274 g/mol. The molecule has 0 amide bonds. The fraction of sp³-hybridized carbons (Fsp3) is 0.214. The van der Waals surface area contributed by atoms with Gasteiger partial charge in [0.2, 0.25) is 0 Å². The monoisotopic (exact) mass is 274 g/mol. The van der Waals surface area contributed by atoms with Gasteiger partial charge in [-0.1, -0.05) is 0 Å². The van der Waals surface area contributed by atoms with E-state index in [0.29, 0.717) is 16.9 Å². The van der Waals surface area contributed by atoms with Crippen LogP contribution in [0.5, 0.6) is 0 Å². The van der Waals surface area contributed by atoms with Crippen molar-refractivity contribution in [3.63, 3.8) is 0 Å². The Bertz CT molecular complexity index is 636. The average Bonchev–Trinajstić information content (AvgIpc) is 2.85. The molecule has 1 aliphatic heterocycles. The predicted molar refractivity (Wildman–Crippen MR) is 76.9 cm³/mol. The second-order valence-electron chi connectivity index (χ2n) is 4.62. The van der Waals surface area contributed by atoms with E-state index in [4.69, 9.17) is 5.73 Å². The molecule has 0 saturated carbocycles. The Morgan fingerprint density at radius 1 is 1.37 bits per heavy atom. The number of aromatic carboxylic acids is 1. The van der Waals surface area contributed by atoms with Crippen molar-refractivity contribution in [2.75, 3.05) is 17.2 Å². The molecular weight excluding hydrogens is 260 g/mol. The highest BCUT2D eigenvalue weighted by molar-refractivity contribution is 7.10. The summed E-state index contributed by atoms with van der Waals surface area (Å²) in [6.07, 6.45) is 0.959. The third-order valence-electron chi connectivity index (χ3n) is 3.40. The fourth-order valence-corrected chi connectivity index (χ4v) is 3.33. The standard InChI is InChI=1S/C14H14N2O2S/c15-10-1-2-11(14(17)18)12(7-10)16-5-3-13-9(8-16)4-6-19-13/h1-2,4,6-7H,3,5,8,15H2,(H,17,18). The third kappa shape index (κ3) is 2.17. The van der Waals surface area contributed by atoms with Gasteiger partial charge in [-0.05, 0) is 41.6 Å². The zero-order valence-corrected chi connectivity index (χ0v) is 11.1.